The number of benzene rings is 8. The van der Waals surface area contributed by atoms with Gasteiger partial charge in [0.2, 0.25) is 0 Å². The van der Waals surface area contributed by atoms with E-state index in [1.165, 1.54) is 17.6 Å². The molecule has 0 aliphatic carbocycles. The van der Waals surface area contributed by atoms with Gasteiger partial charge in [0.05, 0.1) is 0 Å². The summed E-state index contributed by atoms with van der Waals surface area (Å²) in [4.78, 5) is 40.1. The fourth-order valence-corrected chi connectivity index (χ4v) is 19.8. The molecule has 4 heterocycles. The molecule has 0 aliphatic heterocycles. The minimum absolute atomic E-state index is 0.583. The van der Waals surface area contributed by atoms with E-state index in [0.717, 1.165) is 55.6 Å². The maximum atomic E-state index is 5.23. The van der Waals surface area contributed by atoms with Crippen molar-refractivity contribution in [3.05, 3.63) is 267 Å². The van der Waals surface area contributed by atoms with Crippen LogP contribution in [0.15, 0.2) is 267 Å². The molecule has 9 heteroatoms. The fraction of sp³-hybridized carbons (Fsp3) is 0. The first-order valence-corrected chi connectivity index (χ1v) is 28.3. The summed E-state index contributed by atoms with van der Waals surface area (Å²) >= 11 is -4.31. The van der Waals surface area contributed by atoms with E-state index in [-0.39, 0.29) is 0 Å². The van der Waals surface area contributed by atoms with E-state index in [1.54, 1.807) is 0 Å². The molecule has 0 atom stereocenters. The molecule has 0 N–H and O–H groups in total. The standard InChI is InChI=1S/C64H44GeN8/c1-5-19-45(20-6-1)59-68-60(46-21-7-2-8-22-46)71-63(70-59)51-29-15-35-57(41-51)65(55-33-13-27-49(39-55)53-31-17-37-66-43-53,56-34-14-28-50(40-56)54-32-18-38-67-44-54)58-36-16-30-52(42-58)64-72-61(47-23-9-3-10-24-47)69-62(73-64)48-25-11-4-12-26-48/h1-44H. The zero-order valence-electron chi connectivity index (χ0n) is 39.5. The van der Waals surface area contributed by atoms with Crippen molar-refractivity contribution in [1.82, 2.24) is 39.9 Å². The van der Waals surface area contributed by atoms with E-state index in [4.69, 9.17) is 29.9 Å². The Hall–Kier alpha value is -9.38. The molecule has 0 radical (unpaired) electrons. The van der Waals surface area contributed by atoms with Gasteiger partial charge in [-0.1, -0.05) is 0 Å². The molecule has 0 aliphatic rings. The van der Waals surface area contributed by atoms with Crippen molar-refractivity contribution in [1.29, 1.82) is 0 Å². The van der Waals surface area contributed by atoms with Crippen molar-refractivity contribution < 1.29 is 0 Å². The van der Waals surface area contributed by atoms with Gasteiger partial charge in [-0.15, -0.1) is 0 Å². The van der Waals surface area contributed by atoms with E-state index in [0.29, 0.717) is 34.9 Å². The van der Waals surface area contributed by atoms with Gasteiger partial charge in [0.15, 0.2) is 0 Å². The molecule has 8 aromatic carbocycles. The fourth-order valence-electron chi connectivity index (χ4n) is 9.59. The van der Waals surface area contributed by atoms with Gasteiger partial charge in [0, 0.05) is 0 Å². The number of nitrogens with zero attached hydrogens (tertiary/aromatic N) is 8. The summed E-state index contributed by atoms with van der Waals surface area (Å²) in [5, 5.41) is 0. The Balaban J connectivity index is 1.14. The van der Waals surface area contributed by atoms with Crippen LogP contribution in [0.5, 0.6) is 0 Å². The van der Waals surface area contributed by atoms with Crippen molar-refractivity contribution in [3.8, 4) is 90.6 Å². The zero-order valence-corrected chi connectivity index (χ0v) is 41.6. The second-order valence-electron chi connectivity index (χ2n) is 17.6. The molecule has 4 aromatic heterocycles. The van der Waals surface area contributed by atoms with Gasteiger partial charge in [-0.25, -0.2) is 0 Å². The van der Waals surface area contributed by atoms with Crippen LogP contribution < -0.4 is 17.6 Å². The molecule has 12 rings (SSSR count). The Bertz CT molecular complexity index is 3480. The van der Waals surface area contributed by atoms with Crippen molar-refractivity contribution in [2.24, 2.45) is 0 Å². The average molecular weight is 998 g/mol. The number of aromatic nitrogens is 8. The molecule has 0 saturated carbocycles. The third-order valence-corrected chi connectivity index (χ3v) is 23.0. The monoisotopic (exact) mass is 998 g/mol. The van der Waals surface area contributed by atoms with E-state index >= 15 is 0 Å². The van der Waals surface area contributed by atoms with E-state index in [9.17, 15) is 0 Å². The molecule has 0 unspecified atom stereocenters. The average Bonchev–Trinajstić information content (AvgIpc) is 3.49. The van der Waals surface area contributed by atoms with Crippen molar-refractivity contribution in [2.75, 3.05) is 0 Å². The van der Waals surface area contributed by atoms with Crippen LogP contribution in [0.1, 0.15) is 0 Å². The molecule has 8 nitrogen and oxygen atoms in total. The topological polar surface area (TPSA) is 103 Å². The maximum absolute atomic E-state index is 5.23. The Kier molecular flexibility index (Phi) is 12.4. The molecule has 0 amide bonds. The number of hydrogen-bond donors (Lipinski definition) is 0. The molecule has 0 bridgehead atoms. The van der Waals surface area contributed by atoms with Gasteiger partial charge in [-0.2, -0.15) is 0 Å². The predicted molar refractivity (Wildman–Crippen MR) is 296 cm³/mol. The van der Waals surface area contributed by atoms with Crippen molar-refractivity contribution in [3.63, 3.8) is 0 Å². The Labute approximate surface area is 426 Å². The number of pyridine rings is 2. The van der Waals surface area contributed by atoms with Gasteiger partial charge in [0.25, 0.3) is 0 Å². The van der Waals surface area contributed by atoms with Crippen LogP contribution in [0.3, 0.4) is 0 Å². The van der Waals surface area contributed by atoms with Gasteiger partial charge < -0.3 is 0 Å². The first-order chi connectivity index (χ1) is 36.2. The van der Waals surface area contributed by atoms with Crippen molar-refractivity contribution in [2.45, 2.75) is 0 Å². The zero-order chi connectivity index (χ0) is 48.8. The second kappa shape index (κ2) is 20.2. The molecule has 0 spiro atoms. The normalized spacial score (nSPS) is 11.3. The van der Waals surface area contributed by atoms with Crippen LogP contribution in [0.2, 0.25) is 0 Å². The third-order valence-electron chi connectivity index (χ3n) is 13.1. The van der Waals surface area contributed by atoms with E-state index < -0.39 is 13.3 Å². The van der Waals surface area contributed by atoms with Crippen LogP contribution in [-0.2, 0) is 0 Å². The molecule has 73 heavy (non-hydrogen) atoms. The first-order valence-electron chi connectivity index (χ1n) is 24.1. The summed E-state index contributed by atoms with van der Waals surface area (Å²) in [7, 11) is 0. The molecular formula is C64H44GeN8. The molecule has 344 valence electrons. The predicted octanol–water partition coefficient (Wildman–Crippen LogP) is 11.6. The van der Waals surface area contributed by atoms with E-state index in [2.05, 4.69) is 119 Å². The van der Waals surface area contributed by atoms with Gasteiger partial charge in [-0.05, 0) is 0 Å². The SMILES string of the molecule is c1ccc(-c2nc(-c3ccccc3)nc(-c3ccc[c]([Ge]([c]4cccc(-c5cccnc5)c4)([c]4cccc(-c5cccnc5)c4)[c]4cccc(-c5nc(-c6ccccc6)nc(-c6ccccc6)n5)c4)c3)n2)cc1. The molecular weight excluding hydrogens is 953 g/mol. The second-order valence-corrected chi connectivity index (χ2v) is 25.6. The number of rotatable bonds is 12. The van der Waals surface area contributed by atoms with E-state index in [1.807, 2.05) is 158 Å². The summed E-state index contributed by atoms with van der Waals surface area (Å²) in [6.07, 6.45) is 7.50. The van der Waals surface area contributed by atoms with Gasteiger partial charge in [0.1, 0.15) is 0 Å². The quantitative estimate of drug-likeness (QED) is 0.112. The van der Waals surface area contributed by atoms with Crippen LogP contribution in [0, 0.1) is 0 Å². The Morgan fingerprint density at radius 2 is 0.452 bits per heavy atom. The van der Waals surface area contributed by atoms with Crippen LogP contribution >= 0.6 is 0 Å². The summed E-state index contributed by atoms with van der Waals surface area (Å²) in [5.41, 5.74) is 9.61. The molecule has 0 saturated heterocycles. The van der Waals surface area contributed by atoms with Crippen LogP contribution in [0.25, 0.3) is 90.6 Å². The summed E-state index contributed by atoms with van der Waals surface area (Å²) in [6.45, 7) is 0. The first kappa shape index (κ1) is 44.8. The summed E-state index contributed by atoms with van der Waals surface area (Å²) < 4.78 is 4.79. The molecule has 0 fully saturated rings. The van der Waals surface area contributed by atoms with Crippen molar-refractivity contribution >= 4 is 30.8 Å². The summed E-state index contributed by atoms with van der Waals surface area (Å²) in [5.74, 6) is 3.58. The minimum atomic E-state index is -4.31. The summed E-state index contributed by atoms with van der Waals surface area (Å²) in [6, 6.07) is 84.6. The number of hydrogen-bond acceptors (Lipinski definition) is 8. The van der Waals surface area contributed by atoms with Crippen LogP contribution in [0.4, 0.5) is 0 Å². The van der Waals surface area contributed by atoms with Gasteiger partial charge in [-0.3, -0.25) is 0 Å². The Morgan fingerprint density at radius 3 is 0.740 bits per heavy atom. The Morgan fingerprint density at radius 1 is 0.205 bits per heavy atom. The third kappa shape index (κ3) is 9.15. The van der Waals surface area contributed by atoms with Crippen LogP contribution in [-0.4, -0.2) is 53.1 Å². The molecule has 12 aromatic rings. The van der Waals surface area contributed by atoms with Gasteiger partial charge >= 0.3 is 429 Å².